The highest BCUT2D eigenvalue weighted by molar-refractivity contribution is 7.99. The average molecular weight is 258 g/mol. The molecule has 3 aromatic rings. The third-order valence-electron chi connectivity index (χ3n) is 2.48. The molecule has 0 spiro atoms. The van der Waals surface area contributed by atoms with Gasteiger partial charge in [0.2, 0.25) is 0 Å². The van der Waals surface area contributed by atoms with Gasteiger partial charge in [-0.2, -0.15) is 0 Å². The number of hydrogen-bond acceptors (Lipinski definition) is 6. The molecule has 0 radical (unpaired) electrons. The van der Waals surface area contributed by atoms with Crippen molar-refractivity contribution < 1.29 is 0 Å². The smallest absolute Gasteiger partial charge is 0.193 e. The summed E-state index contributed by atoms with van der Waals surface area (Å²) in [5.74, 6) is 0.831. The van der Waals surface area contributed by atoms with E-state index in [1.165, 1.54) is 11.8 Å². The van der Waals surface area contributed by atoms with Crippen LogP contribution in [0.4, 0.5) is 5.69 Å². The summed E-state index contributed by atoms with van der Waals surface area (Å²) in [5, 5.41) is 8.93. The Morgan fingerprint density at radius 1 is 1.28 bits per heavy atom. The van der Waals surface area contributed by atoms with Gasteiger partial charge in [-0.15, -0.1) is 10.2 Å². The monoisotopic (exact) mass is 258 g/mol. The Hall–Kier alpha value is -2.15. The zero-order chi connectivity index (χ0) is 12.5. The molecule has 0 unspecified atom stereocenters. The molecule has 3 aromatic heterocycles. The van der Waals surface area contributed by atoms with Crippen molar-refractivity contribution in [2.45, 2.75) is 16.8 Å². The number of hydrogen-bond donors (Lipinski definition) is 1. The number of fused-ring (bicyclic) bond motifs is 1. The molecule has 7 heteroatoms. The highest BCUT2D eigenvalue weighted by atomic mass is 32.2. The molecule has 3 rings (SSSR count). The first-order chi connectivity index (χ1) is 8.75. The van der Waals surface area contributed by atoms with Crippen LogP contribution in [0.1, 0.15) is 5.82 Å². The summed E-state index contributed by atoms with van der Waals surface area (Å²) in [6, 6.07) is 1.86. The van der Waals surface area contributed by atoms with Crippen LogP contribution in [-0.2, 0) is 0 Å². The molecule has 0 aliphatic rings. The van der Waals surface area contributed by atoms with E-state index in [4.69, 9.17) is 5.73 Å². The standard InChI is InChI=1S/C11H10N6S/c1-7-15-16-10-11(14-4-5-17(7)10)18-9-2-3-13-6-8(9)12/h2-6H,12H2,1H3. The lowest BCUT2D eigenvalue weighted by molar-refractivity contribution is 0.988. The second-order valence-electron chi connectivity index (χ2n) is 3.69. The first-order valence-electron chi connectivity index (χ1n) is 5.29. The zero-order valence-corrected chi connectivity index (χ0v) is 10.4. The second kappa shape index (κ2) is 4.26. The van der Waals surface area contributed by atoms with E-state index in [0.717, 1.165) is 21.4 Å². The topological polar surface area (TPSA) is 82.0 Å². The van der Waals surface area contributed by atoms with Gasteiger partial charge in [-0.1, -0.05) is 11.8 Å². The van der Waals surface area contributed by atoms with Gasteiger partial charge in [0.1, 0.15) is 10.9 Å². The molecule has 0 saturated heterocycles. The Bertz CT molecular complexity index is 708. The molecule has 6 nitrogen and oxygen atoms in total. The summed E-state index contributed by atoms with van der Waals surface area (Å²) in [7, 11) is 0. The SMILES string of the molecule is Cc1nnc2c(Sc3ccncc3N)nccn12. The Labute approximate surface area is 107 Å². The number of nitrogens with two attached hydrogens (primary N) is 1. The number of nitrogens with zero attached hydrogens (tertiary/aromatic N) is 5. The van der Waals surface area contributed by atoms with Crippen molar-refractivity contribution in [3.63, 3.8) is 0 Å². The number of nitrogen functional groups attached to an aromatic ring is 1. The van der Waals surface area contributed by atoms with Gasteiger partial charge in [-0.05, 0) is 13.0 Å². The Balaban J connectivity index is 2.08. The highest BCUT2D eigenvalue weighted by Crippen LogP contribution is 2.31. The van der Waals surface area contributed by atoms with Crippen molar-refractivity contribution in [1.82, 2.24) is 24.6 Å². The Morgan fingerprint density at radius 3 is 3.00 bits per heavy atom. The maximum absolute atomic E-state index is 5.86. The predicted molar refractivity (Wildman–Crippen MR) is 68.3 cm³/mol. The van der Waals surface area contributed by atoms with Gasteiger partial charge < -0.3 is 5.73 Å². The molecular weight excluding hydrogens is 248 g/mol. The average Bonchev–Trinajstić information content (AvgIpc) is 2.76. The van der Waals surface area contributed by atoms with Crippen molar-refractivity contribution in [3.05, 3.63) is 36.7 Å². The largest absolute Gasteiger partial charge is 0.397 e. The first kappa shape index (κ1) is 11.0. The summed E-state index contributed by atoms with van der Waals surface area (Å²) in [6.07, 6.45) is 6.89. The fourth-order valence-corrected chi connectivity index (χ4v) is 2.43. The van der Waals surface area contributed by atoms with Gasteiger partial charge in [-0.3, -0.25) is 9.38 Å². The van der Waals surface area contributed by atoms with Crippen molar-refractivity contribution in [3.8, 4) is 0 Å². The molecule has 0 bridgehead atoms. The molecule has 0 saturated carbocycles. The molecule has 90 valence electrons. The summed E-state index contributed by atoms with van der Waals surface area (Å²) in [5.41, 5.74) is 7.22. The molecule has 0 atom stereocenters. The molecule has 0 fully saturated rings. The van der Waals surface area contributed by atoms with Gasteiger partial charge in [0, 0.05) is 23.5 Å². The van der Waals surface area contributed by atoms with Crippen LogP contribution in [0.15, 0.2) is 40.8 Å². The van der Waals surface area contributed by atoms with Crippen molar-refractivity contribution in [1.29, 1.82) is 0 Å². The molecule has 0 aliphatic heterocycles. The lowest BCUT2D eigenvalue weighted by Gasteiger charge is -2.04. The lowest BCUT2D eigenvalue weighted by Crippen LogP contribution is -1.93. The van der Waals surface area contributed by atoms with E-state index in [-0.39, 0.29) is 0 Å². The molecule has 0 amide bonds. The lowest BCUT2D eigenvalue weighted by atomic mass is 10.4. The summed E-state index contributed by atoms with van der Waals surface area (Å²) < 4.78 is 1.90. The van der Waals surface area contributed by atoms with Gasteiger partial charge in [0.25, 0.3) is 0 Å². The van der Waals surface area contributed by atoms with Gasteiger partial charge in [0.15, 0.2) is 5.65 Å². The van der Waals surface area contributed by atoms with E-state index in [2.05, 4.69) is 20.2 Å². The molecule has 0 aromatic carbocycles. The summed E-state index contributed by atoms with van der Waals surface area (Å²) >= 11 is 1.46. The number of aryl methyl sites for hydroxylation is 1. The highest BCUT2D eigenvalue weighted by Gasteiger charge is 2.10. The zero-order valence-electron chi connectivity index (χ0n) is 9.61. The van der Waals surface area contributed by atoms with Crippen LogP contribution >= 0.6 is 11.8 Å². The van der Waals surface area contributed by atoms with E-state index in [9.17, 15) is 0 Å². The normalized spacial score (nSPS) is 10.9. The third kappa shape index (κ3) is 1.78. The van der Waals surface area contributed by atoms with E-state index >= 15 is 0 Å². The number of anilines is 1. The van der Waals surface area contributed by atoms with Crippen LogP contribution in [0.2, 0.25) is 0 Å². The second-order valence-corrected chi connectivity index (χ2v) is 4.72. The van der Waals surface area contributed by atoms with Crippen LogP contribution in [0, 0.1) is 6.92 Å². The Morgan fingerprint density at radius 2 is 2.17 bits per heavy atom. The van der Waals surface area contributed by atoms with Gasteiger partial charge >= 0.3 is 0 Å². The summed E-state index contributed by atoms with van der Waals surface area (Å²) in [4.78, 5) is 9.19. The predicted octanol–water partition coefficient (Wildman–Crippen LogP) is 1.56. The quantitative estimate of drug-likeness (QED) is 0.751. The first-order valence-corrected chi connectivity index (χ1v) is 6.11. The van der Waals surface area contributed by atoms with E-state index in [1.807, 2.05) is 23.6 Å². The van der Waals surface area contributed by atoms with Crippen molar-refractivity contribution in [2.24, 2.45) is 0 Å². The van der Waals surface area contributed by atoms with E-state index in [1.54, 1.807) is 18.6 Å². The van der Waals surface area contributed by atoms with Gasteiger partial charge in [-0.25, -0.2) is 4.98 Å². The minimum atomic E-state index is 0.627. The van der Waals surface area contributed by atoms with E-state index in [0.29, 0.717) is 5.69 Å². The molecule has 18 heavy (non-hydrogen) atoms. The fourth-order valence-electron chi connectivity index (χ4n) is 1.58. The third-order valence-corrected chi connectivity index (χ3v) is 3.55. The Kier molecular flexibility index (Phi) is 2.60. The number of rotatable bonds is 2. The van der Waals surface area contributed by atoms with Crippen LogP contribution in [-0.4, -0.2) is 24.6 Å². The minimum absolute atomic E-state index is 0.627. The fraction of sp³-hybridized carbons (Fsp3) is 0.0909. The maximum atomic E-state index is 5.86. The van der Waals surface area contributed by atoms with E-state index < -0.39 is 0 Å². The van der Waals surface area contributed by atoms with Crippen LogP contribution in [0.25, 0.3) is 5.65 Å². The number of aromatic nitrogens is 5. The van der Waals surface area contributed by atoms with Crippen molar-refractivity contribution in [2.75, 3.05) is 5.73 Å². The van der Waals surface area contributed by atoms with Crippen LogP contribution in [0.3, 0.4) is 0 Å². The maximum Gasteiger partial charge on any atom is 0.193 e. The van der Waals surface area contributed by atoms with Crippen LogP contribution < -0.4 is 5.73 Å². The molecular formula is C11H10N6S. The number of pyridine rings is 1. The van der Waals surface area contributed by atoms with Crippen molar-refractivity contribution >= 4 is 23.1 Å². The minimum Gasteiger partial charge on any atom is -0.397 e. The molecule has 3 heterocycles. The molecule has 0 aliphatic carbocycles. The van der Waals surface area contributed by atoms with Gasteiger partial charge in [0.05, 0.1) is 11.9 Å². The summed E-state index contributed by atoms with van der Waals surface area (Å²) in [6.45, 7) is 1.90. The molecule has 2 N–H and O–H groups in total. The van der Waals surface area contributed by atoms with Crippen LogP contribution in [0.5, 0.6) is 0 Å².